The van der Waals surface area contributed by atoms with Crippen LogP contribution in [-0.2, 0) is 32.5 Å². The predicted octanol–water partition coefficient (Wildman–Crippen LogP) is 4.56. The third-order valence-corrected chi connectivity index (χ3v) is 8.44. The summed E-state index contributed by atoms with van der Waals surface area (Å²) in [5.74, 6) is -0.506. The number of carboxylic acids is 1. The molecular weight excluding hydrogens is 563 g/mol. The van der Waals surface area contributed by atoms with E-state index >= 15 is 0 Å². The number of para-hydroxylation sites is 1. The number of aliphatic carboxylic acids is 1. The summed E-state index contributed by atoms with van der Waals surface area (Å²) in [6.07, 6.45) is 0.117. The van der Waals surface area contributed by atoms with Gasteiger partial charge in [0.15, 0.2) is 0 Å². The molecule has 2 N–H and O–H groups in total. The Morgan fingerprint density at radius 3 is 2.17 bits per heavy atom. The average Bonchev–Trinajstić information content (AvgIpc) is 3.38. The van der Waals surface area contributed by atoms with E-state index in [0.717, 1.165) is 9.87 Å². The molecule has 0 radical (unpaired) electrons. The molecule has 4 aromatic rings. The zero-order valence-corrected chi connectivity index (χ0v) is 23.1. The fourth-order valence-electron chi connectivity index (χ4n) is 4.62. The molecule has 0 saturated carbocycles. The van der Waals surface area contributed by atoms with E-state index in [1.54, 1.807) is 48.5 Å². The number of carbonyl (C=O) groups excluding carboxylic acids is 1. The van der Waals surface area contributed by atoms with Crippen LogP contribution in [0.2, 0.25) is 0 Å². The normalized spacial score (nSPS) is 14.2. The van der Waals surface area contributed by atoms with Crippen LogP contribution in [0.15, 0.2) is 102 Å². The molecule has 216 valence electrons. The number of sulfonamides is 1. The van der Waals surface area contributed by atoms with Crippen LogP contribution in [0.5, 0.6) is 17.2 Å². The number of anilines is 1. The molecule has 0 spiro atoms. The molecule has 0 bridgehead atoms. The van der Waals surface area contributed by atoms with Gasteiger partial charge in [-0.25, -0.2) is 12.8 Å². The molecule has 1 aliphatic rings. The first-order chi connectivity index (χ1) is 20.2. The van der Waals surface area contributed by atoms with Crippen LogP contribution in [0.25, 0.3) is 0 Å². The van der Waals surface area contributed by atoms with Crippen molar-refractivity contribution in [2.24, 2.45) is 0 Å². The lowest BCUT2D eigenvalue weighted by Crippen LogP contribution is -2.48. The highest BCUT2D eigenvalue weighted by Gasteiger charge is 2.42. The fraction of sp³-hybridized carbons (Fsp3) is 0.161. The summed E-state index contributed by atoms with van der Waals surface area (Å²) < 4.78 is 53.3. The number of nitrogens with one attached hydrogen (secondary N) is 1. The van der Waals surface area contributed by atoms with Crippen molar-refractivity contribution in [3.63, 3.8) is 0 Å². The molecule has 0 aromatic heterocycles. The van der Waals surface area contributed by atoms with Gasteiger partial charge in [-0.3, -0.25) is 13.9 Å². The summed E-state index contributed by atoms with van der Waals surface area (Å²) in [6, 6.07) is 23.8. The van der Waals surface area contributed by atoms with Crippen LogP contribution < -0.4 is 19.1 Å². The first kappa shape index (κ1) is 28.6. The zero-order chi connectivity index (χ0) is 29.7. The summed E-state index contributed by atoms with van der Waals surface area (Å²) in [7, 11) is -4.13. The Balaban J connectivity index is 1.26. The van der Waals surface area contributed by atoms with Gasteiger partial charge in [-0.1, -0.05) is 30.3 Å². The summed E-state index contributed by atoms with van der Waals surface area (Å²) in [4.78, 5) is 24.1. The van der Waals surface area contributed by atoms with E-state index in [0.29, 0.717) is 28.5 Å². The third-order valence-electron chi connectivity index (χ3n) is 6.61. The summed E-state index contributed by atoms with van der Waals surface area (Å²) >= 11 is 0. The van der Waals surface area contributed by atoms with Crippen molar-refractivity contribution < 1.29 is 37.0 Å². The van der Waals surface area contributed by atoms with Crippen molar-refractivity contribution in [3.8, 4) is 17.2 Å². The molecular formula is C31H27FN2O7S. The van der Waals surface area contributed by atoms with Crippen molar-refractivity contribution in [1.82, 2.24) is 5.32 Å². The van der Waals surface area contributed by atoms with Crippen LogP contribution >= 0.6 is 0 Å². The molecule has 1 heterocycles. The maximum atomic E-state index is 13.8. The number of halogens is 1. The van der Waals surface area contributed by atoms with Crippen LogP contribution in [-0.4, -0.2) is 44.6 Å². The van der Waals surface area contributed by atoms with Crippen molar-refractivity contribution in [2.75, 3.05) is 17.5 Å². The maximum Gasteiger partial charge on any atom is 0.307 e. The van der Waals surface area contributed by atoms with Gasteiger partial charge in [0.2, 0.25) is 5.91 Å². The van der Waals surface area contributed by atoms with Gasteiger partial charge < -0.3 is 19.9 Å². The number of hydrogen-bond acceptors (Lipinski definition) is 6. The Hall–Kier alpha value is -4.90. The van der Waals surface area contributed by atoms with Crippen molar-refractivity contribution >= 4 is 27.6 Å². The van der Waals surface area contributed by atoms with E-state index in [1.165, 1.54) is 48.5 Å². The van der Waals surface area contributed by atoms with Gasteiger partial charge in [0.1, 0.15) is 35.7 Å². The van der Waals surface area contributed by atoms with Crippen molar-refractivity contribution in [1.29, 1.82) is 0 Å². The molecule has 5 rings (SSSR count). The zero-order valence-electron chi connectivity index (χ0n) is 22.3. The number of ether oxygens (including phenoxy) is 2. The summed E-state index contributed by atoms with van der Waals surface area (Å²) in [6.45, 7) is 0.262. The quantitative estimate of drug-likeness (QED) is 0.246. The van der Waals surface area contributed by atoms with E-state index in [9.17, 15) is 22.4 Å². The van der Waals surface area contributed by atoms with Gasteiger partial charge in [0.25, 0.3) is 10.0 Å². The van der Waals surface area contributed by atoms with Gasteiger partial charge in [-0.05, 0) is 77.9 Å². The standard InChI is InChI=1S/C31H27FN2O7S/c32-23-7-11-25(12-8-23)41-26-13-15-27(16-14-26)42(38,39)34-28-4-2-1-3-22(28)20-29(34)31(37)33-17-18-40-24-9-5-21(6-10-24)19-30(35)36/h1-16,29H,17-20H2,(H,33,37)(H,35,36)/t29-/m0/s1. The molecule has 9 nitrogen and oxygen atoms in total. The van der Waals surface area contributed by atoms with E-state index < -0.39 is 33.8 Å². The Morgan fingerprint density at radius 1 is 0.881 bits per heavy atom. The minimum Gasteiger partial charge on any atom is -0.492 e. The Kier molecular flexibility index (Phi) is 8.39. The van der Waals surface area contributed by atoms with Crippen LogP contribution in [0.1, 0.15) is 11.1 Å². The summed E-state index contributed by atoms with van der Waals surface area (Å²) in [5, 5.41) is 11.6. The minimum absolute atomic E-state index is 0.0156. The molecule has 4 aromatic carbocycles. The number of rotatable bonds is 11. The second-order valence-corrected chi connectivity index (χ2v) is 11.3. The Bertz CT molecular complexity index is 1680. The van der Waals surface area contributed by atoms with Crippen LogP contribution in [0.3, 0.4) is 0 Å². The number of hydrogen-bond donors (Lipinski definition) is 2. The molecule has 1 aliphatic heterocycles. The summed E-state index contributed by atoms with van der Waals surface area (Å²) in [5.41, 5.74) is 1.80. The average molecular weight is 591 g/mol. The first-order valence-electron chi connectivity index (χ1n) is 13.1. The van der Waals surface area contributed by atoms with Crippen LogP contribution in [0.4, 0.5) is 10.1 Å². The lowest BCUT2D eigenvalue weighted by molar-refractivity contribution is -0.136. The lowest BCUT2D eigenvalue weighted by Gasteiger charge is -2.26. The Morgan fingerprint density at radius 2 is 1.50 bits per heavy atom. The number of carboxylic acid groups (broad SMARTS) is 1. The number of carbonyl (C=O) groups is 2. The third kappa shape index (κ3) is 6.52. The maximum absolute atomic E-state index is 13.8. The molecule has 0 aliphatic carbocycles. The van der Waals surface area contributed by atoms with Gasteiger partial charge in [0, 0.05) is 6.42 Å². The fourth-order valence-corrected chi connectivity index (χ4v) is 6.27. The van der Waals surface area contributed by atoms with Crippen LogP contribution in [0, 0.1) is 5.82 Å². The molecule has 11 heteroatoms. The van der Waals surface area contributed by atoms with E-state index in [2.05, 4.69) is 5.32 Å². The molecule has 42 heavy (non-hydrogen) atoms. The molecule has 0 saturated heterocycles. The largest absolute Gasteiger partial charge is 0.492 e. The van der Waals surface area contributed by atoms with Gasteiger partial charge >= 0.3 is 5.97 Å². The second-order valence-electron chi connectivity index (χ2n) is 9.53. The topological polar surface area (TPSA) is 122 Å². The monoisotopic (exact) mass is 590 g/mol. The highest BCUT2D eigenvalue weighted by molar-refractivity contribution is 7.93. The van der Waals surface area contributed by atoms with E-state index in [-0.39, 0.29) is 30.9 Å². The molecule has 1 amide bonds. The lowest BCUT2D eigenvalue weighted by atomic mass is 10.1. The smallest absolute Gasteiger partial charge is 0.307 e. The Labute approximate surface area is 242 Å². The van der Waals surface area contributed by atoms with E-state index in [4.69, 9.17) is 14.6 Å². The SMILES string of the molecule is O=C(O)Cc1ccc(OCCNC(=O)[C@@H]2Cc3ccccc3N2S(=O)(=O)c2ccc(Oc3ccc(F)cc3)cc2)cc1. The molecule has 0 fully saturated rings. The number of fused-ring (bicyclic) bond motifs is 1. The van der Waals surface area contributed by atoms with Gasteiger partial charge in [-0.2, -0.15) is 0 Å². The number of amides is 1. The number of benzene rings is 4. The van der Waals surface area contributed by atoms with Gasteiger partial charge in [0.05, 0.1) is 23.5 Å². The minimum atomic E-state index is -4.13. The first-order valence-corrected chi connectivity index (χ1v) is 14.5. The highest BCUT2D eigenvalue weighted by atomic mass is 32.2. The van der Waals surface area contributed by atoms with Crippen molar-refractivity contribution in [2.45, 2.75) is 23.8 Å². The number of nitrogens with zero attached hydrogens (tertiary/aromatic N) is 1. The molecule has 0 unspecified atom stereocenters. The van der Waals surface area contributed by atoms with Gasteiger partial charge in [-0.15, -0.1) is 0 Å². The highest BCUT2D eigenvalue weighted by Crippen LogP contribution is 2.37. The van der Waals surface area contributed by atoms with Crippen molar-refractivity contribution in [3.05, 3.63) is 114 Å². The predicted molar refractivity (Wildman–Crippen MR) is 153 cm³/mol. The second kappa shape index (κ2) is 12.3. The molecule has 1 atom stereocenters. The van der Waals surface area contributed by atoms with E-state index in [1.807, 2.05) is 0 Å².